The van der Waals surface area contributed by atoms with Crippen LogP contribution in [0.4, 0.5) is 17.1 Å². The van der Waals surface area contributed by atoms with Crippen molar-refractivity contribution in [3.63, 3.8) is 0 Å². The molecule has 0 heterocycles. The normalized spacial score (nSPS) is 11.0. The molecule has 0 unspecified atom stereocenters. The van der Waals surface area contributed by atoms with Crippen LogP contribution in [0.25, 0.3) is 32.7 Å². The molecule has 0 spiro atoms. The van der Waals surface area contributed by atoms with Gasteiger partial charge in [-0.2, -0.15) is 0 Å². The first-order valence-electron chi connectivity index (χ1n) is 11.8. The minimum Gasteiger partial charge on any atom is -0.310 e. The van der Waals surface area contributed by atoms with Gasteiger partial charge in [0, 0.05) is 28.8 Å². The number of anilines is 3. The Hall–Kier alpha value is -4.69. The lowest BCUT2D eigenvalue weighted by molar-refractivity contribution is 1.28. The van der Waals surface area contributed by atoms with Gasteiger partial charge < -0.3 is 10.3 Å². The number of hydrogen-bond acceptors (Lipinski definition) is 2. The SMILES string of the molecule is N=Cc1cc(N(c2ccccc2)c2ccccc2)ccc1-c1cc2ccccc2c2ccccc12. The van der Waals surface area contributed by atoms with E-state index in [4.69, 9.17) is 5.41 Å². The number of para-hydroxylation sites is 2. The molecule has 0 saturated heterocycles. The highest BCUT2D eigenvalue weighted by molar-refractivity contribution is 6.15. The third kappa shape index (κ3) is 3.75. The Morgan fingerprint density at radius 2 is 1.03 bits per heavy atom. The van der Waals surface area contributed by atoms with Gasteiger partial charge in [-0.05, 0) is 75.1 Å². The largest absolute Gasteiger partial charge is 0.310 e. The third-order valence-electron chi connectivity index (χ3n) is 6.54. The lowest BCUT2D eigenvalue weighted by atomic mass is 9.91. The summed E-state index contributed by atoms with van der Waals surface area (Å²) in [6.07, 6.45) is 1.47. The van der Waals surface area contributed by atoms with Crippen LogP contribution >= 0.6 is 0 Å². The minimum absolute atomic E-state index is 0.889. The summed E-state index contributed by atoms with van der Waals surface area (Å²) in [7, 11) is 0. The maximum Gasteiger partial charge on any atom is 0.0468 e. The molecule has 6 rings (SSSR count). The molecule has 0 atom stereocenters. The van der Waals surface area contributed by atoms with E-state index in [2.05, 4.69) is 126 Å². The molecule has 0 amide bonds. The number of nitrogens with one attached hydrogen (secondary N) is 1. The Morgan fingerprint density at radius 3 is 1.69 bits per heavy atom. The Balaban J connectivity index is 1.56. The molecule has 0 saturated carbocycles. The second-order valence-electron chi connectivity index (χ2n) is 8.61. The van der Waals surface area contributed by atoms with Gasteiger partial charge in [0.05, 0.1) is 0 Å². The van der Waals surface area contributed by atoms with Crippen LogP contribution in [0.1, 0.15) is 5.56 Å². The second kappa shape index (κ2) is 8.92. The zero-order valence-corrected chi connectivity index (χ0v) is 19.2. The van der Waals surface area contributed by atoms with Gasteiger partial charge in [0.2, 0.25) is 0 Å². The van der Waals surface area contributed by atoms with Crippen molar-refractivity contribution in [2.45, 2.75) is 0 Å². The minimum atomic E-state index is 0.889. The van der Waals surface area contributed by atoms with E-state index < -0.39 is 0 Å². The first-order valence-corrected chi connectivity index (χ1v) is 11.8. The van der Waals surface area contributed by atoms with Gasteiger partial charge in [0.15, 0.2) is 0 Å². The Morgan fingerprint density at radius 1 is 0.457 bits per heavy atom. The van der Waals surface area contributed by atoms with Crippen LogP contribution in [0, 0.1) is 5.41 Å². The molecule has 35 heavy (non-hydrogen) atoms. The summed E-state index contributed by atoms with van der Waals surface area (Å²) in [5.41, 5.74) is 6.29. The molecular weight excluding hydrogens is 424 g/mol. The fourth-order valence-corrected chi connectivity index (χ4v) is 4.93. The molecule has 1 N–H and O–H groups in total. The first kappa shape index (κ1) is 20.9. The van der Waals surface area contributed by atoms with Crippen molar-refractivity contribution < 1.29 is 0 Å². The molecule has 0 radical (unpaired) electrons. The molecule has 0 aliphatic heterocycles. The van der Waals surface area contributed by atoms with Gasteiger partial charge >= 0.3 is 0 Å². The van der Waals surface area contributed by atoms with E-state index in [1.807, 2.05) is 12.1 Å². The monoisotopic (exact) mass is 448 g/mol. The predicted octanol–water partition coefficient (Wildman–Crippen LogP) is 9.13. The molecular formula is C33H24N2. The summed E-state index contributed by atoms with van der Waals surface area (Å²) >= 11 is 0. The Kier molecular flexibility index (Phi) is 5.32. The Labute approximate surface area is 205 Å². The van der Waals surface area contributed by atoms with E-state index in [-0.39, 0.29) is 0 Å². The van der Waals surface area contributed by atoms with E-state index in [0.29, 0.717) is 0 Å². The van der Waals surface area contributed by atoms with Gasteiger partial charge in [0.25, 0.3) is 0 Å². The smallest absolute Gasteiger partial charge is 0.0468 e. The maximum absolute atomic E-state index is 8.31. The van der Waals surface area contributed by atoms with Crippen molar-refractivity contribution >= 4 is 44.8 Å². The van der Waals surface area contributed by atoms with Crippen LogP contribution in [0.5, 0.6) is 0 Å². The van der Waals surface area contributed by atoms with Gasteiger partial charge in [-0.15, -0.1) is 0 Å². The summed E-state index contributed by atoms with van der Waals surface area (Å²) in [6, 6.07) is 46.5. The topological polar surface area (TPSA) is 27.1 Å². The van der Waals surface area contributed by atoms with Gasteiger partial charge in [-0.25, -0.2) is 0 Å². The van der Waals surface area contributed by atoms with Crippen LogP contribution in [0.15, 0.2) is 133 Å². The molecule has 0 fully saturated rings. The van der Waals surface area contributed by atoms with Gasteiger partial charge in [-0.3, -0.25) is 0 Å². The fraction of sp³-hybridized carbons (Fsp3) is 0. The van der Waals surface area contributed by atoms with Crippen LogP contribution in [0.3, 0.4) is 0 Å². The summed E-state index contributed by atoms with van der Waals surface area (Å²) in [4.78, 5) is 2.23. The van der Waals surface area contributed by atoms with Gasteiger partial charge in [-0.1, -0.05) is 91.0 Å². The van der Waals surface area contributed by atoms with E-state index in [9.17, 15) is 0 Å². The van der Waals surface area contributed by atoms with Crippen LogP contribution in [0.2, 0.25) is 0 Å². The second-order valence-corrected chi connectivity index (χ2v) is 8.61. The number of nitrogens with zero attached hydrogens (tertiary/aromatic N) is 1. The molecule has 2 heteroatoms. The summed E-state index contributed by atoms with van der Waals surface area (Å²) in [5, 5.41) is 13.2. The maximum atomic E-state index is 8.31. The molecule has 0 bridgehead atoms. The fourth-order valence-electron chi connectivity index (χ4n) is 4.93. The molecule has 6 aromatic carbocycles. The van der Waals surface area contributed by atoms with E-state index in [1.54, 1.807) is 0 Å². The lowest BCUT2D eigenvalue weighted by Gasteiger charge is -2.26. The highest BCUT2D eigenvalue weighted by Crippen LogP contribution is 2.39. The van der Waals surface area contributed by atoms with Crippen molar-refractivity contribution in [1.82, 2.24) is 0 Å². The quantitative estimate of drug-likeness (QED) is 0.207. The van der Waals surface area contributed by atoms with Crippen LogP contribution < -0.4 is 4.90 Å². The van der Waals surface area contributed by atoms with Crippen molar-refractivity contribution in [2.75, 3.05) is 4.90 Å². The molecule has 0 aliphatic carbocycles. The summed E-state index contributed by atoms with van der Waals surface area (Å²) in [5.74, 6) is 0. The Bertz CT molecular complexity index is 1610. The standard InChI is InChI=1S/C33H24N2/c34-23-25-21-28(35(26-12-3-1-4-13-26)27-14-5-2-6-15-27)19-20-30(25)33-22-24-11-7-8-16-29(24)31-17-9-10-18-32(31)33/h1-23,34H. The van der Waals surface area contributed by atoms with Gasteiger partial charge in [0.1, 0.15) is 0 Å². The average Bonchev–Trinajstić information content (AvgIpc) is 2.94. The molecule has 6 aromatic rings. The van der Waals surface area contributed by atoms with Crippen molar-refractivity contribution in [2.24, 2.45) is 0 Å². The first-order chi connectivity index (χ1) is 17.3. The highest BCUT2D eigenvalue weighted by atomic mass is 15.1. The molecule has 0 aliphatic rings. The third-order valence-corrected chi connectivity index (χ3v) is 6.54. The van der Waals surface area contributed by atoms with Crippen molar-refractivity contribution in [1.29, 1.82) is 5.41 Å². The predicted molar refractivity (Wildman–Crippen MR) is 149 cm³/mol. The van der Waals surface area contributed by atoms with Crippen molar-refractivity contribution in [3.05, 3.63) is 139 Å². The van der Waals surface area contributed by atoms with Crippen molar-refractivity contribution in [3.8, 4) is 11.1 Å². The van der Waals surface area contributed by atoms with Crippen LogP contribution in [-0.4, -0.2) is 6.21 Å². The summed E-state index contributed by atoms with van der Waals surface area (Å²) in [6.45, 7) is 0. The average molecular weight is 449 g/mol. The number of benzene rings is 6. The van der Waals surface area contributed by atoms with E-state index >= 15 is 0 Å². The highest BCUT2D eigenvalue weighted by Gasteiger charge is 2.16. The molecule has 166 valence electrons. The van der Waals surface area contributed by atoms with E-state index in [0.717, 1.165) is 33.8 Å². The lowest BCUT2D eigenvalue weighted by Crippen LogP contribution is -2.10. The number of rotatable bonds is 5. The summed E-state index contributed by atoms with van der Waals surface area (Å²) < 4.78 is 0. The molecule has 2 nitrogen and oxygen atoms in total. The zero-order chi connectivity index (χ0) is 23.6. The van der Waals surface area contributed by atoms with E-state index in [1.165, 1.54) is 27.8 Å². The number of fused-ring (bicyclic) bond motifs is 3. The molecule has 0 aromatic heterocycles. The number of hydrogen-bond donors (Lipinski definition) is 1. The van der Waals surface area contributed by atoms with Crippen LogP contribution in [-0.2, 0) is 0 Å². The zero-order valence-electron chi connectivity index (χ0n) is 19.2.